The first kappa shape index (κ1) is 25.0. The van der Waals surface area contributed by atoms with Gasteiger partial charge < -0.3 is 24.0 Å². The fourth-order valence-electron chi connectivity index (χ4n) is 4.94. The highest BCUT2D eigenvalue weighted by Crippen LogP contribution is 2.24. The van der Waals surface area contributed by atoms with Gasteiger partial charge in [-0.3, -0.25) is 4.90 Å². The minimum absolute atomic E-state index is 0.154. The van der Waals surface area contributed by atoms with Crippen LogP contribution in [0.3, 0.4) is 0 Å². The third kappa shape index (κ3) is 5.57. The van der Waals surface area contributed by atoms with Gasteiger partial charge in [0.2, 0.25) is 5.88 Å². The summed E-state index contributed by atoms with van der Waals surface area (Å²) in [5, 5.41) is 11.6. The van der Waals surface area contributed by atoms with Crippen LogP contribution >= 0.6 is 11.8 Å². The number of anilines is 1. The van der Waals surface area contributed by atoms with E-state index in [9.17, 15) is 9.90 Å². The Morgan fingerprint density at radius 3 is 2.76 bits per heavy atom. The van der Waals surface area contributed by atoms with E-state index in [1.54, 1.807) is 30.0 Å². The van der Waals surface area contributed by atoms with Crippen molar-refractivity contribution in [1.29, 1.82) is 0 Å². The summed E-state index contributed by atoms with van der Waals surface area (Å²) in [4.78, 5) is 25.9. The number of hydrogen-bond donors (Lipinski definition) is 1. The first-order valence-corrected chi connectivity index (χ1v) is 14.1. The van der Waals surface area contributed by atoms with E-state index in [0.717, 1.165) is 67.6 Å². The molecule has 198 valence electrons. The standard InChI is InChI=1S/C28H31N5O4S/c34-28(35)21-4-5-23-24(16-21)33(17-22-6-13-36-22)26(29-23)18-31-9-11-32(12-10-31)25-2-1-3-27(30-25)37-19-20-7-14-38-15-8-20/h1-5,7-8,14,16,22H,6,9-13,15,17-19H2,(H,34,35)/t22-/m0/s1. The lowest BCUT2D eigenvalue weighted by Crippen LogP contribution is -2.46. The molecule has 1 aromatic carbocycles. The number of carbonyl (C=O) groups is 1. The molecule has 0 aliphatic carbocycles. The smallest absolute Gasteiger partial charge is 0.335 e. The number of imidazole rings is 1. The summed E-state index contributed by atoms with van der Waals surface area (Å²) in [5.41, 5.74) is 3.13. The minimum Gasteiger partial charge on any atom is -0.478 e. The zero-order valence-corrected chi connectivity index (χ0v) is 22.0. The van der Waals surface area contributed by atoms with Crippen LogP contribution in [0, 0.1) is 0 Å². The van der Waals surface area contributed by atoms with E-state index >= 15 is 0 Å². The van der Waals surface area contributed by atoms with Gasteiger partial charge in [0.15, 0.2) is 0 Å². The summed E-state index contributed by atoms with van der Waals surface area (Å²) < 4.78 is 13.8. The van der Waals surface area contributed by atoms with E-state index in [-0.39, 0.29) is 11.7 Å². The Labute approximate surface area is 225 Å². The van der Waals surface area contributed by atoms with E-state index in [1.807, 2.05) is 18.2 Å². The van der Waals surface area contributed by atoms with Crippen LogP contribution in [0.1, 0.15) is 22.6 Å². The molecule has 9 nitrogen and oxygen atoms in total. The van der Waals surface area contributed by atoms with E-state index in [4.69, 9.17) is 19.4 Å². The second kappa shape index (κ2) is 11.2. The third-order valence-corrected chi connectivity index (χ3v) is 7.92. The van der Waals surface area contributed by atoms with Crippen molar-refractivity contribution in [3.8, 4) is 5.88 Å². The Bertz CT molecular complexity index is 1370. The molecule has 3 aliphatic rings. The van der Waals surface area contributed by atoms with Gasteiger partial charge in [-0.05, 0) is 47.7 Å². The fourth-order valence-corrected chi connectivity index (χ4v) is 5.63. The van der Waals surface area contributed by atoms with Gasteiger partial charge in [-0.1, -0.05) is 12.1 Å². The van der Waals surface area contributed by atoms with Gasteiger partial charge in [-0.2, -0.15) is 4.98 Å². The Morgan fingerprint density at radius 2 is 2.03 bits per heavy atom. The van der Waals surface area contributed by atoms with Crippen molar-refractivity contribution in [3.63, 3.8) is 0 Å². The monoisotopic (exact) mass is 533 g/mol. The van der Waals surface area contributed by atoms with Gasteiger partial charge >= 0.3 is 5.97 Å². The number of ether oxygens (including phenoxy) is 2. The zero-order chi connectivity index (χ0) is 25.9. The van der Waals surface area contributed by atoms with Crippen molar-refractivity contribution in [2.75, 3.05) is 50.0 Å². The molecule has 6 rings (SSSR count). The molecular weight excluding hydrogens is 502 g/mol. The van der Waals surface area contributed by atoms with Crippen LogP contribution in [0.4, 0.5) is 5.82 Å². The fraction of sp³-hybridized carbons (Fsp3) is 0.393. The van der Waals surface area contributed by atoms with Crippen LogP contribution in [-0.2, 0) is 17.8 Å². The molecule has 3 aliphatic heterocycles. The molecular formula is C28H31N5O4S. The van der Waals surface area contributed by atoms with Gasteiger partial charge in [-0.25, -0.2) is 9.78 Å². The number of aromatic nitrogens is 3. The Morgan fingerprint density at radius 1 is 1.16 bits per heavy atom. The molecule has 0 unspecified atom stereocenters. The highest BCUT2D eigenvalue weighted by molar-refractivity contribution is 8.02. The van der Waals surface area contributed by atoms with Gasteiger partial charge in [0.1, 0.15) is 18.2 Å². The quantitative estimate of drug-likeness (QED) is 0.441. The summed E-state index contributed by atoms with van der Waals surface area (Å²) in [6.45, 7) is 6.18. The van der Waals surface area contributed by atoms with Crippen molar-refractivity contribution in [3.05, 3.63) is 70.9 Å². The van der Waals surface area contributed by atoms with Gasteiger partial charge in [0.25, 0.3) is 0 Å². The molecule has 3 aromatic rings. The Hall–Kier alpha value is -3.34. The number of carboxylic acid groups (broad SMARTS) is 1. The molecule has 0 radical (unpaired) electrons. The lowest BCUT2D eigenvalue weighted by Gasteiger charge is -2.35. The highest BCUT2D eigenvalue weighted by atomic mass is 32.2. The second-order valence-electron chi connectivity index (χ2n) is 9.73. The summed E-state index contributed by atoms with van der Waals surface area (Å²) >= 11 is 1.78. The van der Waals surface area contributed by atoms with Crippen molar-refractivity contribution in [2.24, 2.45) is 0 Å². The maximum absolute atomic E-state index is 11.6. The average molecular weight is 534 g/mol. The number of carboxylic acids is 1. The molecule has 38 heavy (non-hydrogen) atoms. The summed E-state index contributed by atoms with van der Waals surface area (Å²) in [7, 11) is 0. The van der Waals surface area contributed by atoms with Crippen molar-refractivity contribution >= 4 is 34.6 Å². The number of rotatable bonds is 9. The molecule has 0 spiro atoms. The Balaban J connectivity index is 1.11. The lowest BCUT2D eigenvalue weighted by atomic mass is 10.1. The second-order valence-corrected chi connectivity index (χ2v) is 10.7. The normalized spacial score (nSPS) is 19.8. The largest absolute Gasteiger partial charge is 0.478 e. The van der Waals surface area contributed by atoms with Gasteiger partial charge in [0.05, 0.1) is 35.8 Å². The maximum Gasteiger partial charge on any atom is 0.335 e. The number of thioether (sulfide) groups is 1. The first-order valence-electron chi connectivity index (χ1n) is 13.0. The third-order valence-electron chi connectivity index (χ3n) is 7.23. The Kier molecular flexibility index (Phi) is 7.35. The zero-order valence-electron chi connectivity index (χ0n) is 21.2. The molecule has 1 atom stereocenters. The number of aromatic carboxylic acids is 1. The number of fused-ring (bicyclic) bond motifs is 1. The van der Waals surface area contributed by atoms with Gasteiger partial charge in [-0.15, -0.1) is 11.8 Å². The van der Waals surface area contributed by atoms with Crippen LogP contribution < -0.4 is 9.64 Å². The molecule has 2 aromatic heterocycles. The molecule has 5 heterocycles. The minimum atomic E-state index is -0.928. The number of hydrogen-bond acceptors (Lipinski definition) is 8. The number of nitrogens with zero attached hydrogens (tertiary/aromatic N) is 5. The summed E-state index contributed by atoms with van der Waals surface area (Å²) in [5.74, 6) is 2.58. The van der Waals surface area contributed by atoms with Crippen molar-refractivity contribution in [1.82, 2.24) is 19.4 Å². The van der Waals surface area contributed by atoms with Crippen molar-refractivity contribution in [2.45, 2.75) is 25.6 Å². The van der Waals surface area contributed by atoms with Crippen LogP contribution in [0.25, 0.3) is 11.0 Å². The highest BCUT2D eigenvalue weighted by Gasteiger charge is 2.25. The van der Waals surface area contributed by atoms with Crippen LogP contribution in [-0.4, -0.2) is 81.8 Å². The average Bonchev–Trinajstić information content (AvgIpc) is 3.26. The molecule has 1 N–H and O–H groups in total. The molecule has 0 saturated carbocycles. The molecule has 0 amide bonds. The number of benzene rings is 1. The summed E-state index contributed by atoms with van der Waals surface area (Å²) in [6.07, 6.45) is 5.45. The lowest BCUT2D eigenvalue weighted by molar-refractivity contribution is -0.0592. The van der Waals surface area contributed by atoms with E-state index in [2.05, 4.69) is 31.9 Å². The SMILES string of the molecule is O=C(O)c1ccc2nc(CN3CCN(c4cccc(OCC5=CCSC=C5)n4)CC3)n(C[C@@H]3CCO3)c2c1. The van der Waals surface area contributed by atoms with Crippen LogP contribution in [0.5, 0.6) is 5.88 Å². The molecule has 0 bridgehead atoms. The van der Waals surface area contributed by atoms with Gasteiger partial charge in [0, 0.05) is 44.6 Å². The maximum atomic E-state index is 11.6. The van der Waals surface area contributed by atoms with E-state index in [0.29, 0.717) is 25.6 Å². The molecule has 10 heteroatoms. The van der Waals surface area contributed by atoms with Crippen LogP contribution in [0.2, 0.25) is 0 Å². The summed E-state index contributed by atoms with van der Waals surface area (Å²) in [6, 6.07) is 11.1. The number of pyridine rings is 1. The topological polar surface area (TPSA) is 93.0 Å². The predicted molar refractivity (Wildman–Crippen MR) is 148 cm³/mol. The van der Waals surface area contributed by atoms with E-state index < -0.39 is 5.97 Å². The van der Waals surface area contributed by atoms with Crippen LogP contribution in [0.15, 0.2) is 59.5 Å². The number of piperazine rings is 1. The van der Waals surface area contributed by atoms with Crippen molar-refractivity contribution < 1.29 is 19.4 Å². The molecule has 2 fully saturated rings. The first-order chi connectivity index (χ1) is 18.6. The predicted octanol–water partition coefficient (Wildman–Crippen LogP) is 3.81. The molecule has 2 saturated heterocycles. The van der Waals surface area contributed by atoms with E-state index in [1.165, 1.54) is 5.57 Å².